The standard InChI is InChI=1S/C11H20N2/c1-5-7-10(6-2)11-8-9(3)13(4)12-11/h8,10H,5-7H2,1-4H3. The summed E-state index contributed by atoms with van der Waals surface area (Å²) in [6.45, 7) is 6.58. The van der Waals surface area contributed by atoms with Crippen molar-refractivity contribution in [1.82, 2.24) is 9.78 Å². The van der Waals surface area contributed by atoms with Crippen molar-refractivity contribution in [3.05, 3.63) is 17.5 Å². The van der Waals surface area contributed by atoms with Crippen LogP contribution in [0, 0.1) is 6.92 Å². The fourth-order valence-corrected chi connectivity index (χ4v) is 1.70. The highest BCUT2D eigenvalue weighted by molar-refractivity contribution is 5.12. The third-order valence-corrected chi connectivity index (χ3v) is 2.68. The van der Waals surface area contributed by atoms with Crippen LogP contribution in [0.15, 0.2) is 6.07 Å². The number of aromatic nitrogens is 2. The maximum Gasteiger partial charge on any atom is 0.0658 e. The van der Waals surface area contributed by atoms with Crippen LogP contribution in [-0.2, 0) is 7.05 Å². The minimum Gasteiger partial charge on any atom is -0.273 e. The van der Waals surface area contributed by atoms with Gasteiger partial charge in [0.05, 0.1) is 5.69 Å². The molecule has 2 nitrogen and oxygen atoms in total. The van der Waals surface area contributed by atoms with Gasteiger partial charge >= 0.3 is 0 Å². The Morgan fingerprint density at radius 1 is 1.46 bits per heavy atom. The molecule has 1 heterocycles. The predicted molar refractivity (Wildman–Crippen MR) is 55.9 cm³/mol. The molecule has 1 aromatic heterocycles. The van der Waals surface area contributed by atoms with Crippen LogP contribution in [0.2, 0.25) is 0 Å². The number of rotatable bonds is 4. The topological polar surface area (TPSA) is 17.8 Å². The maximum atomic E-state index is 4.52. The molecule has 74 valence electrons. The van der Waals surface area contributed by atoms with E-state index in [2.05, 4.69) is 31.9 Å². The average molecular weight is 180 g/mol. The van der Waals surface area contributed by atoms with Crippen LogP contribution in [-0.4, -0.2) is 9.78 Å². The van der Waals surface area contributed by atoms with Crippen molar-refractivity contribution in [3.8, 4) is 0 Å². The average Bonchev–Trinajstić information content (AvgIpc) is 2.43. The molecule has 0 aromatic carbocycles. The number of nitrogens with zero attached hydrogens (tertiary/aromatic N) is 2. The number of hydrogen-bond donors (Lipinski definition) is 0. The van der Waals surface area contributed by atoms with Crippen LogP contribution in [0.3, 0.4) is 0 Å². The van der Waals surface area contributed by atoms with E-state index in [1.54, 1.807) is 0 Å². The lowest BCUT2D eigenvalue weighted by Gasteiger charge is -2.09. The Balaban J connectivity index is 2.78. The minimum atomic E-state index is 0.657. The molecular weight excluding hydrogens is 160 g/mol. The summed E-state index contributed by atoms with van der Waals surface area (Å²) in [7, 11) is 2.01. The van der Waals surface area contributed by atoms with Crippen LogP contribution in [0.5, 0.6) is 0 Å². The molecule has 0 N–H and O–H groups in total. The van der Waals surface area contributed by atoms with Gasteiger partial charge in [-0.3, -0.25) is 4.68 Å². The fraction of sp³-hybridized carbons (Fsp3) is 0.727. The molecular formula is C11H20N2. The summed E-state index contributed by atoms with van der Waals surface area (Å²) in [5.74, 6) is 0.657. The van der Waals surface area contributed by atoms with Crippen LogP contribution in [0.1, 0.15) is 50.4 Å². The van der Waals surface area contributed by atoms with Gasteiger partial charge in [0, 0.05) is 18.7 Å². The van der Waals surface area contributed by atoms with Crippen LogP contribution in [0.4, 0.5) is 0 Å². The van der Waals surface area contributed by atoms with Crippen molar-refractivity contribution in [2.45, 2.75) is 46.0 Å². The molecule has 13 heavy (non-hydrogen) atoms. The summed E-state index contributed by atoms with van der Waals surface area (Å²) < 4.78 is 1.97. The van der Waals surface area contributed by atoms with Gasteiger partial charge in [0.25, 0.3) is 0 Å². The summed E-state index contributed by atoms with van der Waals surface area (Å²) >= 11 is 0. The Morgan fingerprint density at radius 2 is 2.15 bits per heavy atom. The van der Waals surface area contributed by atoms with E-state index in [1.807, 2.05) is 11.7 Å². The molecule has 0 amide bonds. The lowest BCUT2D eigenvalue weighted by molar-refractivity contribution is 0.568. The second kappa shape index (κ2) is 4.45. The van der Waals surface area contributed by atoms with Crippen molar-refractivity contribution in [3.63, 3.8) is 0 Å². The Morgan fingerprint density at radius 3 is 2.54 bits per heavy atom. The van der Waals surface area contributed by atoms with Gasteiger partial charge in [-0.15, -0.1) is 0 Å². The SMILES string of the molecule is CCCC(CC)c1cc(C)n(C)n1. The Labute approximate surface area is 81.0 Å². The largest absolute Gasteiger partial charge is 0.273 e. The molecule has 1 unspecified atom stereocenters. The van der Waals surface area contributed by atoms with E-state index in [0.717, 1.165) is 0 Å². The van der Waals surface area contributed by atoms with Gasteiger partial charge in [-0.05, 0) is 25.8 Å². The number of aryl methyl sites for hydroxylation is 2. The summed E-state index contributed by atoms with van der Waals surface area (Å²) in [6, 6.07) is 2.21. The molecule has 0 aliphatic carbocycles. The van der Waals surface area contributed by atoms with Crippen molar-refractivity contribution in [2.75, 3.05) is 0 Å². The first-order chi connectivity index (χ1) is 6.19. The molecule has 0 saturated heterocycles. The fourth-order valence-electron chi connectivity index (χ4n) is 1.70. The summed E-state index contributed by atoms with van der Waals surface area (Å²) in [5.41, 5.74) is 2.52. The first-order valence-corrected chi connectivity index (χ1v) is 5.19. The van der Waals surface area contributed by atoms with Crippen molar-refractivity contribution in [2.24, 2.45) is 7.05 Å². The summed E-state index contributed by atoms with van der Waals surface area (Å²) in [5, 5.41) is 4.52. The zero-order chi connectivity index (χ0) is 9.84. The summed E-state index contributed by atoms with van der Waals surface area (Å²) in [6.07, 6.45) is 3.70. The molecule has 0 bridgehead atoms. The first kappa shape index (κ1) is 10.3. The second-order valence-electron chi connectivity index (χ2n) is 3.73. The van der Waals surface area contributed by atoms with Gasteiger partial charge in [-0.2, -0.15) is 5.10 Å². The molecule has 2 heteroatoms. The summed E-state index contributed by atoms with van der Waals surface area (Å²) in [4.78, 5) is 0. The number of hydrogen-bond acceptors (Lipinski definition) is 1. The molecule has 0 fully saturated rings. The predicted octanol–water partition coefficient (Wildman–Crippen LogP) is 3.02. The van der Waals surface area contributed by atoms with Crippen molar-refractivity contribution >= 4 is 0 Å². The third kappa shape index (κ3) is 2.33. The van der Waals surface area contributed by atoms with E-state index in [1.165, 1.54) is 30.7 Å². The van der Waals surface area contributed by atoms with E-state index in [-0.39, 0.29) is 0 Å². The Kier molecular flexibility index (Phi) is 3.52. The normalized spacial score (nSPS) is 13.2. The third-order valence-electron chi connectivity index (χ3n) is 2.68. The van der Waals surface area contributed by atoms with Gasteiger partial charge in [0.15, 0.2) is 0 Å². The highest BCUT2D eigenvalue weighted by atomic mass is 15.3. The zero-order valence-corrected chi connectivity index (χ0v) is 9.17. The van der Waals surface area contributed by atoms with Crippen LogP contribution < -0.4 is 0 Å². The quantitative estimate of drug-likeness (QED) is 0.696. The zero-order valence-electron chi connectivity index (χ0n) is 9.17. The highest BCUT2D eigenvalue weighted by Gasteiger charge is 2.12. The molecule has 0 aliphatic heterocycles. The maximum absolute atomic E-state index is 4.52. The van der Waals surface area contributed by atoms with E-state index >= 15 is 0 Å². The molecule has 1 atom stereocenters. The lowest BCUT2D eigenvalue weighted by Crippen LogP contribution is -1.99. The Bertz CT molecular complexity index is 244. The van der Waals surface area contributed by atoms with Gasteiger partial charge in [-0.1, -0.05) is 20.3 Å². The molecule has 0 aliphatic rings. The van der Waals surface area contributed by atoms with Crippen molar-refractivity contribution in [1.29, 1.82) is 0 Å². The molecule has 0 radical (unpaired) electrons. The molecule has 0 saturated carbocycles. The Hall–Kier alpha value is -0.790. The minimum absolute atomic E-state index is 0.657. The molecule has 1 aromatic rings. The van der Waals surface area contributed by atoms with Gasteiger partial charge < -0.3 is 0 Å². The second-order valence-corrected chi connectivity index (χ2v) is 3.73. The van der Waals surface area contributed by atoms with Gasteiger partial charge in [-0.25, -0.2) is 0 Å². The smallest absolute Gasteiger partial charge is 0.0658 e. The van der Waals surface area contributed by atoms with E-state index < -0.39 is 0 Å². The van der Waals surface area contributed by atoms with Gasteiger partial charge in [0.1, 0.15) is 0 Å². The molecule has 0 spiro atoms. The first-order valence-electron chi connectivity index (χ1n) is 5.19. The van der Waals surface area contributed by atoms with E-state index in [4.69, 9.17) is 0 Å². The highest BCUT2D eigenvalue weighted by Crippen LogP contribution is 2.23. The van der Waals surface area contributed by atoms with Crippen LogP contribution >= 0.6 is 0 Å². The van der Waals surface area contributed by atoms with Crippen LogP contribution in [0.25, 0.3) is 0 Å². The monoisotopic (exact) mass is 180 g/mol. The lowest BCUT2D eigenvalue weighted by atomic mass is 9.97. The van der Waals surface area contributed by atoms with Gasteiger partial charge in [0.2, 0.25) is 0 Å². The molecule has 1 rings (SSSR count). The van der Waals surface area contributed by atoms with Crippen molar-refractivity contribution < 1.29 is 0 Å². The van der Waals surface area contributed by atoms with E-state index in [9.17, 15) is 0 Å². The van der Waals surface area contributed by atoms with E-state index in [0.29, 0.717) is 5.92 Å².